The first-order valence-electron chi connectivity index (χ1n) is 6.69. The van der Waals surface area contributed by atoms with Gasteiger partial charge in [-0.25, -0.2) is 0 Å². The van der Waals surface area contributed by atoms with Gasteiger partial charge in [0.25, 0.3) is 0 Å². The zero-order chi connectivity index (χ0) is 15.6. The summed E-state index contributed by atoms with van der Waals surface area (Å²) in [6.45, 7) is 4.14. The average Bonchev–Trinajstić information content (AvgIpc) is 2.87. The van der Waals surface area contributed by atoms with Crippen molar-refractivity contribution in [2.45, 2.75) is 25.9 Å². The molecule has 6 heteroatoms. The number of nitrogens with zero attached hydrogens (tertiary/aromatic N) is 2. The number of halogens is 1. The van der Waals surface area contributed by atoms with Crippen LogP contribution in [0.2, 0.25) is 0 Å². The lowest BCUT2D eigenvalue weighted by atomic mass is 10.0. The van der Waals surface area contributed by atoms with E-state index in [1.807, 2.05) is 22.9 Å². The molecule has 1 heterocycles. The third-order valence-corrected chi connectivity index (χ3v) is 3.91. The lowest BCUT2D eigenvalue weighted by Gasteiger charge is -2.19. The molecule has 2 aromatic rings. The largest absolute Gasteiger partial charge is 0.497 e. The molecule has 5 nitrogen and oxygen atoms in total. The van der Waals surface area contributed by atoms with E-state index in [2.05, 4.69) is 34.9 Å². The van der Waals surface area contributed by atoms with E-state index >= 15 is 0 Å². The van der Waals surface area contributed by atoms with Crippen LogP contribution in [0.1, 0.15) is 37.2 Å². The molecule has 0 bridgehead atoms. The minimum Gasteiger partial charge on any atom is -0.497 e. The molecule has 0 aliphatic heterocycles. The van der Waals surface area contributed by atoms with Gasteiger partial charge in [-0.15, -0.1) is 0 Å². The molecule has 0 aliphatic rings. The molecule has 1 unspecified atom stereocenters. The first-order valence-corrected chi connectivity index (χ1v) is 7.48. The fraction of sp³-hybridized carbons (Fsp3) is 0.400. The molecular weight excluding hydrogens is 334 g/mol. The van der Waals surface area contributed by atoms with Crippen LogP contribution in [0.25, 0.3) is 0 Å². The van der Waals surface area contributed by atoms with Crippen molar-refractivity contribution >= 4 is 15.9 Å². The Hall–Kier alpha value is -1.53. The molecule has 21 heavy (non-hydrogen) atoms. The van der Waals surface area contributed by atoms with Gasteiger partial charge >= 0.3 is 0 Å². The first kappa shape index (κ1) is 15.9. The van der Waals surface area contributed by atoms with Crippen LogP contribution < -0.4 is 15.2 Å². The highest BCUT2D eigenvalue weighted by Crippen LogP contribution is 2.32. The summed E-state index contributed by atoms with van der Waals surface area (Å²) in [5.74, 6) is 1.43. The zero-order valence-corrected chi connectivity index (χ0v) is 14.2. The second kappa shape index (κ2) is 6.49. The maximum absolute atomic E-state index is 6.45. The van der Waals surface area contributed by atoms with Gasteiger partial charge < -0.3 is 15.2 Å². The van der Waals surface area contributed by atoms with E-state index in [1.54, 1.807) is 20.4 Å². The molecule has 114 valence electrons. The molecule has 2 rings (SSSR count). The summed E-state index contributed by atoms with van der Waals surface area (Å²) < 4.78 is 13.4. The van der Waals surface area contributed by atoms with Gasteiger partial charge in [0.2, 0.25) is 0 Å². The topological polar surface area (TPSA) is 62.3 Å². The predicted octanol–water partition coefficient (Wildman–Crippen LogP) is 3.29. The van der Waals surface area contributed by atoms with Crippen molar-refractivity contribution in [1.82, 2.24) is 9.78 Å². The van der Waals surface area contributed by atoms with Gasteiger partial charge in [0, 0.05) is 12.1 Å². The lowest BCUT2D eigenvalue weighted by Crippen LogP contribution is -2.19. The minimum absolute atomic E-state index is 0.227. The fourth-order valence-electron chi connectivity index (χ4n) is 2.22. The maximum atomic E-state index is 6.45. The van der Waals surface area contributed by atoms with Crippen LogP contribution in [-0.4, -0.2) is 24.0 Å². The minimum atomic E-state index is -0.326. The van der Waals surface area contributed by atoms with E-state index in [1.165, 1.54) is 0 Å². The molecule has 0 fully saturated rings. The maximum Gasteiger partial charge on any atom is 0.122 e. The molecule has 1 aromatic heterocycles. The van der Waals surface area contributed by atoms with Crippen molar-refractivity contribution in [3.05, 3.63) is 40.1 Å². The predicted molar refractivity (Wildman–Crippen MR) is 85.9 cm³/mol. The second-order valence-electron chi connectivity index (χ2n) is 5.04. The molecule has 0 saturated heterocycles. The Balaban J connectivity index is 2.49. The number of ether oxygens (including phenoxy) is 2. The van der Waals surface area contributed by atoms with Crippen LogP contribution in [-0.2, 0) is 0 Å². The van der Waals surface area contributed by atoms with Crippen LogP contribution in [0.3, 0.4) is 0 Å². The Morgan fingerprint density at radius 1 is 1.14 bits per heavy atom. The third kappa shape index (κ3) is 3.22. The van der Waals surface area contributed by atoms with E-state index < -0.39 is 0 Å². The molecule has 0 radical (unpaired) electrons. The normalized spacial score (nSPS) is 12.5. The zero-order valence-electron chi connectivity index (χ0n) is 12.6. The van der Waals surface area contributed by atoms with Gasteiger partial charge in [-0.2, -0.15) is 5.10 Å². The summed E-state index contributed by atoms with van der Waals surface area (Å²) in [6.07, 6.45) is 1.77. The highest BCUT2D eigenvalue weighted by Gasteiger charge is 2.21. The first-order chi connectivity index (χ1) is 9.97. The van der Waals surface area contributed by atoms with Crippen molar-refractivity contribution in [2.24, 2.45) is 5.73 Å². The van der Waals surface area contributed by atoms with Crippen LogP contribution in [0.5, 0.6) is 11.5 Å². The van der Waals surface area contributed by atoms with Crippen molar-refractivity contribution in [3.63, 3.8) is 0 Å². The van der Waals surface area contributed by atoms with E-state index in [-0.39, 0.29) is 12.1 Å². The van der Waals surface area contributed by atoms with Gasteiger partial charge in [0.15, 0.2) is 0 Å². The third-order valence-electron chi connectivity index (χ3n) is 3.30. The van der Waals surface area contributed by atoms with E-state index in [4.69, 9.17) is 15.2 Å². The highest BCUT2D eigenvalue weighted by atomic mass is 79.9. The van der Waals surface area contributed by atoms with E-state index in [0.29, 0.717) is 11.5 Å². The van der Waals surface area contributed by atoms with Gasteiger partial charge in [-0.1, -0.05) is 0 Å². The smallest absolute Gasteiger partial charge is 0.122 e. The van der Waals surface area contributed by atoms with Gasteiger partial charge in [0.1, 0.15) is 11.5 Å². The number of rotatable bonds is 5. The van der Waals surface area contributed by atoms with Crippen molar-refractivity contribution in [2.75, 3.05) is 14.2 Å². The number of methoxy groups -OCH3 is 2. The Bertz CT molecular complexity index is 603. The van der Waals surface area contributed by atoms with Crippen molar-refractivity contribution in [1.29, 1.82) is 0 Å². The monoisotopic (exact) mass is 353 g/mol. The molecule has 1 aromatic carbocycles. The van der Waals surface area contributed by atoms with Crippen LogP contribution in [0, 0.1) is 0 Å². The van der Waals surface area contributed by atoms with Crippen molar-refractivity contribution < 1.29 is 9.47 Å². The van der Waals surface area contributed by atoms with E-state index in [9.17, 15) is 0 Å². The SMILES string of the molecule is COc1cc(OC)cc(C(N)c2c(Br)cnn2C(C)C)c1. The molecule has 0 aliphatic carbocycles. The highest BCUT2D eigenvalue weighted by molar-refractivity contribution is 9.10. The van der Waals surface area contributed by atoms with Crippen LogP contribution in [0.15, 0.2) is 28.9 Å². The Kier molecular flexibility index (Phi) is 4.90. The number of aromatic nitrogens is 2. The van der Waals surface area contributed by atoms with Crippen LogP contribution in [0.4, 0.5) is 0 Å². The summed E-state index contributed by atoms with van der Waals surface area (Å²) in [7, 11) is 3.25. The second-order valence-corrected chi connectivity index (χ2v) is 5.89. The quantitative estimate of drug-likeness (QED) is 0.895. The van der Waals surface area contributed by atoms with Gasteiger partial charge in [-0.3, -0.25) is 4.68 Å². The summed E-state index contributed by atoms with van der Waals surface area (Å²) in [5, 5.41) is 4.37. The van der Waals surface area contributed by atoms with Gasteiger partial charge in [0.05, 0.1) is 36.6 Å². The Labute approximate surface area is 133 Å². The summed E-state index contributed by atoms with van der Waals surface area (Å²) in [6, 6.07) is 5.55. The molecular formula is C15H20BrN3O2. The molecule has 0 saturated carbocycles. The Morgan fingerprint density at radius 3 is 2.19 bits per heavy atom. The number of nitrogens with two attached hydrogens (primary N) is 1. The summed E-state index contributed by atoms with van der Waals surface area (Å²) in [4.78, 5) is 0. The standard InChI is InChI=1S/C15H20BrN3O2/c1-9(2)19-15(13(16)8-18-19)14(17)10-5-11(20-3)7-12(6-10)21-4/h5-9,14H,17H2,1-4H3. The summed E-state index contributed by atoms with van der Waals surface area (Å²) in [5.41, 5.74) is 8.29. The molecule has 2 N–H and O–H groups in total. The molecule has 1 atom stereocenters. The fourth-order valence-corrected chi connectivity index (χ4v) is 2.74. The van der Waals surface area contributed by atoms with E-state index in [0.717, 1.165) is 15.7 Å². The Morgan fingerprint density at radius 2 is 1.71 bits per heavy atom. The molecule has 0 amide bonds. The number of benzene rings is 1. The van der Waals surface area contributed by atoms with Crippen molar-refractivity contribution in [3.8, 4) is 11.5 Å². The van der Waals surface area contributed by atoms with Gasteiger partial charge in [-0.05, 0) is 47.5 Å². The van der Waals surface area contributed by atoms with Crippen LogP contribution >= 0.6 is 15.9 Å². The summed E-state index contributed by atoms with van der Waals surface area (Å²) >= 11 is 3.53. The molecule has 0 spiro atoms. The average molecular weight is 354 g/mol. The lowest BCUT2D eigenvalue weighted by molar-refractivity contribution is 0.392. The number of hydrogen-bond acceptors (Lipinski definition) is 4. The number of hydrogen-bond donors (Lipinski definition) is 1.